The van der Waals surface area contributed by atoms with Crippen LogP contribution in [-0.4, -0.2) is 40.3 Å². The molecule has 1 aromatic heterocycles. The number of hydrogen-bond acceptors (Lipinski definition) is 5. The van der Waals surface area contributed by atoms with Crippen molar-refractivity contribution in [2.75, 3.05) is 18.5 Å². The minimum absolute atomic E-state index is 0.00399. The summed E-state index contributed by atoms with van der Waals surface area (Å²) in [6, 6.07) is 3.41. The Labute approximate surface area is 100 Å². The van der Waals surface area contributed by atoms with Gasteiger partial charge >= 0.3 is 0 Å². The largest absolute Gasteiger partial charge is 0.409 e. The lowest BCUT2D eigenvalue weighted by molar-refractivity contribution is 0.0884. The zero-order valence-corrected chi connectivity index (χ0v) is 10.3. The van der Waals surface area contributed by atoms with Gasteiger partial charge in [0, 0.05) is 19.8 Å². The van der Waals surface area contributed by atoms with Gasteiger partial charge in [0.1, 0.15) is 5.82 Å². The Morgan fingerprint density at radius 3 is 2.76 bits per heavy atom. The fourth-order valence-electron chi connectivity index (χ4n) is 1.61. The molecule has 94 valence electrons. The summed E-state index contributed by atoms with van der Waals surface area (Å²) in [6.45, 7) is 3.79. The summed E-state index contributed by atoms with van der Waals surface area (Å²) in [5, 5.41) is 21.4. The second kappa shape index (κ2) is 5.01. The van der Waals surface area contributed by atoms with Crippen molar-refractivity contribution in [1.82, 2.24) is 4.98 Å². The molecule has 0 spiro atoms. The third-order valence-electron chi connectivity index (χ3n) is 2.16. The molecule has 6 heteroatoms. The number of anilines is 1. The van der Waals surface area contributed by atoms with Crippen LogP contribution in [0.3, 0.4) is 0 Å². The van der Waals surface area contributed by atoms with Gasteiger partial charge in [-0.05, 0) is 26.0 Å². The average molecular weight is 238 g/mol. The van der Waals surface area contributed by atoms with Crippen molar-refractivity contribution >= 4 is 11.7 Å². The summed E-state index contributed by atoms with van der Waals surface area (Å²) in [6.07, 6.45) is 1.62. The highest BCUT2D eigenvalue weighted by Crippen LogP contribution is 2.17. The van der Waals surface area contributed by atoms with Gasteiger partial charge in [0.2, 0.25) is 0 Å². The van der Waals surface area contributed by atoms with E-state index in [1.54, 1.807) is 44.1 Å². The first-order valence-electron chi connectivity index (χ1n) is 5.21. The molecule has 0 amide bonds. The maximum Gasteiger partial charge on any atom is 0.173 e. The van der Waals surface area contributed by atoms with E-state index >= 15 is 0 Å². The molecule has 0 aliphatic carbocycles. The number of aliphatic hydroxyl groups is 1. The van der Waals surface area contributed by atoms with Crippen molar-refractivity contribution in [1.29, 1.82) is 0 Å². The average Bonchev–Trinajstić information content (AvgIpc) is 2.25. The Morgan fingerprint density at radius 2 is 2.24 bits per heavy atom. The summed E-state index contributed by atoms with van der Waals surface area (Å²) in [4.78, 5) is 5.93. The van der Waals surface area contributed by atoms with Gasteiger partial charge in [-0.3, -0.25) is 0 Å². The van der Waals surface area contributed by atoms with Crippen molar-refractivity contribution in [2.45, 2.75) is 19.4 Å². The van der Waals surface area contributed by atoms with Crippen LogP contribution in [0.2, 0.25) is 0 Å². The van der Waals surface area contributed by atoms with Crippen molar-refractivity contribution in [2.24, 2.45) is 10.9 Å². The molecule has 0 aromatic carbocycles. The molecule has 4 N–H and O–H groups in total. The van der Waals surface area contributed by atoms with Gasteiger partial charge < -0.3 is 20.9 Å². The van der Waals surface area contributed by atoms with Gasteiger partial charge in [0.25, 0.3) is 0 Å². The highest BCUT2D eigenvalue weighted by atomic mass is 16.4. The van der Waals surface area contributed by atoms with E-state index in [0.29, 0.717) is 17.9 Å². The lowest BCUT2D eigenvalue weighted by atomic mass is 10.1. The molecule has 0 bridgehead atoms. The van der Waals surface area contributed by atoms with Gasteiger partial charge in [-0.2, -0.15) is 0 Å². The molecule has 1 rings (SSSR count). The zero-order valence-electron chi connectivity index (χ0n) is 10.3. The molecule has 0 saturated carbocycles. The van der Waals surface area contributed by atoms with E-state index < -0.39 is 5.60 Å². The minimum Gasteiger partial charge on any atom is -0.409 e. The van der Waals surface area contributed by atoms with Crippen molar-refractivity contribution in [3.63, 3.8) is 0 Å². The Morgan fingerprint density at radius 1 is 1.59 bits per heavy atom. The maximum absolute atomic E-state index is 9.76. The fourth-order valence-corrected chi connectivity index (χ4v) is 1.61. The number of hydrogen-bond donors (Lipinski definition) is 3. The van der Waals surface area contributed by atoms with Crippen LogP contribution in [0, 0.1) is 0 Å². The molecule has 0 unspecified atom stereocenters. The third kappa shape index (κ3) is 3.60. The monoisotopic (exact) mass is 238 g/mol. The molecule has 0 aliphatic rings. The Kier molecular flexibility index (Phi) is 3.90. The van der Waals surface area contributed by atoms with Crippen LogP contribution in [0.25, 0.3) is 0 Å². The number of aromatic nitrogens is 1. The molecule has 0 atom stereocenters. The number of rotatable bonds is 4. The number of nitrogens with two attached hydrogens (primary N) is 1. The topological polar surface area (TPSA) is 95.0 Å². The second-order valence-corrected chi connectivity index (χ2v) is 4.53. The first kappa shape index (κ1) is 13.2. The van der Waals surface area contributed by atoms with E-state index in [-0.39, 0.29) is 5.84 Å². The normalized spacial score (nSPS) is 12.6. The highest BCUT2D eigenvalue weighted by Gasteiger charge is 2.19. The summed E-state index contributed by atoms with van der Waals surface area (Å²) in [5.41, 5.74) is 5.24. The Hall–Kier alpha value is -1.82. The predicted octanol–water partition coefficient (Wildman–Crippen LogP) is 0.383. The van der Waals surface area contributed by atoms with E-state index in [4.69, 9.17) is 10.9 Å². The molecule has 0 radical (unpaired) electrons. The van der Waals surface area contributed by atoms with Crippen molar-refractivity contribution in [3.05, 3.63) is 23.9 Å². The van der Waals surface area contributed by atoms with Crippen molar-refractivity contribution in [3.8, 4) is 0 Å². The minimum atomic E-state index is -0.853. The van der Waals surface area contributed by atoms with Crippen molar-refractivity contribution < 1.29 is 10.3 Å². The molecule has 0 fully saturated rings. The summed E-state index contributed by atoms with van der Waals surface area (Å²) in [7, 11) is 1.79. The van der Waals surface area contributed by atoms with E-state index in [0.717, 1.165) is 0 Å². The third-order valence-corrected chi connectivity index (χ3v) is 2.16. The highest BCUT2D eigenvalue weighted by molar-refractivity contribution is 6.01. The lowest BCUT2D eigenvalue weighted by Gasteiger charge is -2.27. The molecular formula is C11H18N4O2. The van der Waals surface area contributed by atoms with E-state index in [2.05, 4.69) is 10.1 Å². The van der Waals surface area contributed by atoms with Crippen LogP contribution in [0.4, 0.5) is 5.82 Å². The van der Waals surface area contributed by atoms with Gasteiger partial charge in [-0.15, -0.1) is 0 Å². The van der Waals surface area contributed by atoms with Crippen LogP contribution in [0.15, 0.2) is 23.5 Å². The standard InChI is InChI=1S/C11H18N4O2/c1-11(2,16)7-15(3)10-8(9(12)14-17)5-4-6-13-10/h4-6,16-17H,7H2,1-3H3,(H2,12,14). The lowest BCUT2D eigenvalue weighted by Crippen LogP contribution is -2.37. The number of oxime groups is 1. The van der Waals surface area contributed by atoms with Gasteiger partial charge in [-0.25, -0.2) is 4.98 Å². The van der Waals surface area contributed by atoms with E-state index in [9.17, 15) is 5.11 Å². The van der Waals surface area contributed by atoms with Crippen LogP contribution in [0.5, 0.6) is 0 Å². The SMILES string of the molecule is CN(CC(C)(C)O)c1ncccc1C(N)=NO. The van der Waals surface area contributed by atoms with Gasteiger partial charge in [0.05, 0.1) is 11.2 Å². The number of pyridine rings is 1. The smallest absolute Gasteiger partial charge is 0.173 e. The van der Waals surface area contributed by atoms with Crippen LogP contribution in [-0.2, 0) is 0 Å². The predicted molar refractivity (Wildman–Crippen MR) is 66.3 cm³/mol. The van der Waals surface area contributed by atoms with E-state index in [1.807, 2.05) is 0 Å². The molecule has 1 heterocycles. The quantitative estimate of drug-likeness (QED) is 0.305. The maximum atomic E-state index is 9.76. The summed E-state index contributed by atoms with van der Waals surface area (Å²) >= 11 is 0. The molecular weight excluding hydrogens is 220 g/mol. The van der Waals surface area contributed by atoms with Crippen LogP contribution < -0.4 is 10.6 Å². The fraction of sp³-hybridized carbons (Fsp3) is 0.455. The van der Waals surface area contributed by atoms with Gasteiger partial charge in [-0.1, -0.05) is 5.16 Å². The first-order valence-corrected chi connectivity index (χ1v) is 5.21. The summed E-state index contributed by atoms with van der Waals surface area (Å²) < 4.78 is 0. The molecule has 1 aromatic rings. The first-order chi connectivity index (χ1) is 7.85. The number of likely N-dealkylation sites (N-methyl/N-ethyl adjacent to an activating group) is 1. The van der Waals surface area contributed by atoms with Crippen LogP contribution in [0.1, 0.15) is 19.4 Å². The van der Waals surface area contributed by atoms with E-state index in [1.165, 1.54) is 0 Å². The zero-order chi connectivity index (χ0) is 13.1. The Balaban J connectivity index is 3.05. The van der Waals surface area contributed by atoms with Gasteiger partial charge in [0.15, 0.2) is 5.84 Å². The molecule has 17 heavy (non-hydrogen) atoms. The number of amidine groups is 1. The number of nitrogens with zero attached hydrogens (tertiary/aromatic N) is 3. The summed E-state index contributed by atoms with van der Waals surface area (Å²) in [5.74, 6) is 0.556. The molecule has 0 aliphatic heterocycles. The molecule has 6 nitrogen and oxygen atoms in total. The second-order valence-electron chi connectivity index (χ2n) is 4.53. The Bertz CT molecular complexity index is 412. The van der Waals surface area contributed by atoms with Crippen LogP contribution >= 0.6 is 0 Å². The molecule has 0 saturated heterocycles.